The fraction of sp³-hybridized carbons (Fsp3) is 0.671. The van der Waals surface area contributed by atoms with Crippen molar-refractivity contribution in [1.29, 1.82) is 0 Å². The highest BCUT2D eigenvalue weighted by Crippen LogP contribution is 2.72. The van der Waals surface area contributed by atoms with Gasteiger partial charge in [0, 0.05) is 60.5 Å². The van der Waals surface area contributed by atoms with Gasteiger partial charge in [-0.3, -0.25) is 48.1 Å². The first-order chi connectivity index (χ1) is 49.8. The van der Waals surface area contributed by atoms with Gasteiger partial charge in [-0.05, 0) is 99.1 Å². The molecule has 1 aromatic carbocycles. The maximum absolute atomic E-state index is 18.0. The van der Waals surface area contributed by atoms with Crippen LogP contribution in [0, 0.1) is 28.6 Å². The van der Waals surface area contributed by atoms with Crippen LogP contribution in [0.2, 0.25) is 0 Å². The summed E-state index contributed by atoms with van der Waals surface area (Å²) in [5.74, 6) is -8.73. The number of allylic oxidation sites excluding steroid dienone is 4. The molecule has 0 spiro atoms. The summed E-state index contributed by atoms with van der Waals surface area (Å²) in [7, 11) is 0. The van der Waals surface area contributed by atoms with E-state index in [1.807, 2.05) is 6.92 Å². The van der Waals surface area contributed by atoms with Crippen molar-refractivity contribution in [3.8, 4) is 0 Å². The standard InChI is InChI=1S/C70H100F2N8O25/c1-6-8-58-104-53-33-43-44-32-46(71)45-31-42(82)18-20-67(45,4)69(44,72)51(85)34-68(43,5)70(53,105-58)52(86)38-103-66(97)102-37-40-10-12-41(13-11-40)76-62(93)47(9-7-21-74-65(73)96)78-64(95)59(39(2)3)79-63(94)48(14-15-54(87)75-35-49(83)60(91)61(92)50(84)36-81)77-55(88)19-23-98-25-27-100-29-30-101-28-26-99-24-22-80-56(89)16-17-57(80)90/h10-13,16-18,20,31,39,43-44,46-51,53,58-61,81,83-85,91-92H,6-9,14-15,19,21-30,32-38H2,1-5H3,(H,75,87)(H,76,93)(H,77,88)(H,78,95)(H,79,94)(H3,73,74,96)/t43-,44-,46-,47-,48+,49-,50+,51-,53+,58?,59-,60+,61+,67-,68-,69-,70+/m0/s1. The molecular formula is C70H100F2N8O25. The summed E-state index contributed by atoms with van der Waals surface area (Å²) in [6.07, 6.45) is -9.10. The number of aliphatic hydroxyl groups excluding tert-OH is 6. The smallest absolute Gasteiger partial charge is 0.429 e. The number of nitrogens with zero attached hydrogens (tertiary/aromatic N) is 1. The van der Waals surface area contributed by atoms with Crippen molar-refractivity contribution in [3.63, 3.8) is 0 Å². The molecule has 17 atom stereocenters. The number of carbonyl (C=O) groups is 11. The molecular weight excluding hydrogens is 1390 g/mol. The number of nitrogens with two attached hydrogens (primary N) is 1. The van der Waals surface area contributed by atoms with Crippen molar-refractivity contribution in [1.82, 2.24) is 31.5 Å². The molecule has 9 amide bonds. The molecule has 4 aliphatic carbocycles. The second kappa shape index (κ2) is 38.6. The number of hydrogen-bond donors (Lipinski definition) is 13. The average Bonchev–Trinajstić information content (AvgIpc) is 1.55. The summed E-state index contributed by atoms with van der Waals surface area (Å²) >= 11 is 0. The van der Waals surface area contributed by atoms with Crippen molar-refractivity contribution in [2.75, 3.05) is 91.0 Å². The highest BCUT2D eigenvalue weighted by molar-refractivity contribution is 6.13. The van der Waals surface area contributed by atoms with E-state index in [1.165, 1.54) is 55.5 Å². The normalized spacial score (nSPS) is 27.0. The van der Waals surface area contributed by atoms with E-state index in [4.69, 9.17) is 48.7 Å². The first-order valence-corrected chi connectivity index (χ1v) is 35.2. The fourth-order valence-corrected chi connectivity index (χ4v) is 14.6. The summed E-state index contributed by atoms with van der Waals surface area (Å²) < 4.78 is 79.6. The quantitative estimate of drug-likeness (QED) is 0.0219. The summed E-state index contributed by atoms with van der Waals surface area (Å²) in [5, 5.41) is 76.5. The Balaban J connectivity index is 0.917. The minimum absolute atomic E-state index is 0.0182. The number of halogens is 2. The topological polar surface area (TPSA) is 484 Å². The van der Waals surface area contributed by atoms with Gasteiger partial charge in [0.15, 0.2) is 29.9 Å². The third-order valence-electron chi connectivity index (χ3n) is 20.2. The SMILES string of the molecule is CCCC1O[C@@H]2C[C@H]3[C@@H]4C[C@H](F)C5=CC(=O)C=C[C@]5(C)[C@@]4(F)[C@@H](O)C[C@]3(C)[C@]2(C(=O)COC(=O)OCc2ccc(NC(=O)[C@H](CCCNC(N)=O)NC(=O)[C@@H](NC(=O)[C@@H](CCC(=O)NC[C@H](O)[C@@H](O)[C@H](O)[C@H](O)CO)NC(=O)CCOCCOCCOCCOCCN3C(=O)C=CC3=O)C(C)C)cc2)O1. The number of hydrogen-bond acceptors (Lipinski definition) is 25. The number of aliphatic hydroxyl groups is 6. The number of imide groups is 1. The first kappa shape index (κ1) is 84.5. The number of anilines is 1. The molecule has 584 valence electrons. The van der Waals surface area contributed by atoms with Gasteiger partial charge in [0.05, 0.1) is 84.3 Å². The number of amides is 9. The number of Topliss-reactive ketones (excluding diaryl/α,β-unsaturated/α-hetero) is 1. The lowest BCUT2D eigenvalue weighted by atomic mass is 9.44. The van der Waals surface area contributed by atoms with Gasteiger partial charge < -0.3 is 106 Å². The van der Waals surface area contributed by atoms with Crippen LogP contribution in [0.1, 0.15) is 104 Å². The van der Waals surface area contributed by atoms with Crippen molar-refractivity contribution in [3.05, 3.63) is 65.8 Å². The third kappa shape index (κ3) is 20.9. The van der Waals surface area contributed by atoms with Crippen molar-refractivity contribution < 1.29 is 130 Å². The molecule has 6 aliphatic rings. The molecule has 1 saturated heterocycles. The summed E-state index contributed by atoms with van der Waals surface area (Å²) in [6.45, 7) is 6.39. The van der Waals surface area contributed by atoms with Gasteiger partial charge in [-0.2, -0.15) is 0 Å². The molecule has 4 fully saturated rings. The average molecular weight is 1490 g/mol. The van der Waals surface area contributed by atoms with Crippen LogP contribution in [0.3, 0.4) is 0 Å². The number of ketones is 2. The van der Waals surface area contributed by atoms with Gasteiger partial charge in [0.2, 0.25) is 35.3 Å². The molecule has 35 heteroatoms. The maximum atomic E-state index is 18.0. The number of rotatable bonds is 43. The second-order valence-electron chi connectivity index (χ2n) is 27.6. The van der Waals surface area contributed by atoms with E-state index in [0.29, 0.717) is 18.4 Å². The van der Waals surface area contributed by atoms with E-state index >= 15 is 8.78 Å². The molecule has 2 heterocycles. The van der Waals surface area contributed by atoms with Gasteiger partial charge in [0.1, 0.15) is 49.2 Å². The van der Waals surface area contributed by atoms with Crippen LogP contribution in [0.15, 0.2) is 60.2 Å². The minimum atomic E-state index is -2.44. The highest BCUT2D eigenvalue weighted by Gasteiger charge is 2.80. The molecule has 105 heavy (non-hydrogen) atoms. The van der Waals surface area contributed by atoms with Crippen LogP contribution in [0.5, 0.6) is 0 Å². The Kier molecular flexibility index (Phi) is 31.1. The van der Waals surface area contributed by atoms with Crippen LogP contribution >= 0.6 is 0 Å². The Morgan fingerprint density at radius 3 is 2.00 bits per heavy atom. The molecule has 7 rings (SSSR count). The molecule has 3 saturated carbocycles. The number of urea groups is 1. The van der Waals surface area contributed by atoms with E-state index in [-0.39, 0.29) is 116 Å². The number of nitrogens with one attached hydrogen (secondary N) is 6. The Bertz CT molecular complexity index is 3310. The molecule has 0 bridgehead atoms. The Morgan fingerprint density at radius 2 is 1.37 bits per heavy atom. The van der Waals surface area contributed by atoms with Crippen molar-refractivity contribution in [2.24, 2.45) is 34.3 Å². The zero-order chi connectivity index (χ0) is 77.0. The van der Waals surface area contributed by atoms with Crippen LogP contribution < -0.4 is 37.6 Å². The van der Waals surface area contributed by atoms with Crippen LogP contribution in [-0.2, 0) is 87.7 Å². The Hall–Kier alpha value is -7.81. The maximum Gasteiger partial charge on any atom is 0.509 e. The zero-order valence-electron chi connectivity index (χ0n) is 59.5. The number of carbonyl (C=O) groups excluding carboxylic acids is 11. The molecule has 0 radical (unpaired) electrons. The van der Waals surface area contributed by atoms with Gasteiger partial charge in [-0.15, -0.1) is 0 Å². The Morgan fingerprint density at radius 1 is 0.743 bits per heavy atom. The van der Waals surface area contributed by atoms with Gasteiger partial charge in [0.25, 0.3) is 11.8 Å². The van der Waals surface area contributed by atoms with Gasteiger partial charge in [-0.1, -0.05) is 52.3 Å². The van der Waals surface area contributed by atoms with Crippen LogP contribution in [0.25, 0.3) is 0 Å². The first-order valence-electron chi connectivity index (χ1n) is 35.2. The van der Waals surface area contributed by atoms with Crippen molar-refractivity contribution >= 4 is 70.8 Å². The summed E-state index contributed by atoms with van der Waals surface area (Å²) in [5.41, 5.74) is -1.54. The Labute approximate surface area is 605 Å². The second-order valence-corrected chi connectivity index (χ2v) is 27.6. The predicted molar refractivity (Wildman–Crippen MR) is 362 cm³/mol. The van der Waals surface area contributed by atoms with E-state index in [1.54, 1.807) is 20.8 Å². The van der Waals surface area contributed by atoms with Gasteiger partial charge in [-0.25, -0.2) is 18.4 Å². The van der Waals surface area contributed by atoms with E-state index in [0.717, 1.165) is 11.0 Å². The van der Waals surface area contributed by atoms with Crippen LogP contribution in [0.4, 0.5) is 24.1 Å². The monoisotopic (exact) mass is 1490 g/mol. The molecule has 14 N–H and O–H groups in total. The molecule has 1 aromatic rings. The number of fused-ring (bicyclic) bond motifs is 7. The number of ether oxygens (including phenoxy) is 8. The lowest BCUT2D eigenvalue weighted by Crippen LogP contribution is -2.71. The number of alkyl halides is 2. The zero-order valence-corrected chi connectivity index (χ0v) is 59.5. The summed E-state index contributed by atoms with van der Waals surface area (Å²) in [4.78, 5) is 145. The molecule has 2 aliphatic heterocycles. The van der Waals surface area contributed by atoms with Gasteiger partial charge >= 0.3 is 12.2 Å². The molecule has 1 unspecified atom stereocenters. The largest absolute Gasteiger partial charge is 0.509 e. The predicted octanol–water partition coefficient (Wildman–Crippen LogP) is -0.671. The number of primary amides is 1. The molecule has 33 nitrogen and oxygen atoms in total. The summed E-state index contributed by atoms with van der Waals surface area (Å²) in [6, 6.07) is 0.766. The van der Waals surface area contributed by atoms with E-state index in [2.05, 4.69) is 31.9 Å². The highest BCUT2D eigenvalue weighted by atomic mass is 19.1. The fourth-order valence-electron chi connectivity index (χ4n) is 14.6. The van der Waals surface area contributed by atoms with Crippen molar-refractivity contribution in [2.45, 2.75) is 184 Å². The van der Waals surface area contributed by atoms with Crippen LogP contribution in [-0.4, -0.2) is 265 Å². The van der Waals surface area contributed by atoms with E-state index in [9.17, 15) is 78.3 Å². The lowest BCUT2D eigenvalue weighted by Gasteiger charge is -2.63. The minimum Gasteiger partial charge on any atom is -0.429 e. The molecule has 0 aromatic heterocycles. The lowest BCUT2D eigenvalue weighted by molar-refractivity contribution is -0.234. The van der Waals surface area contributed by atoms with E-state index < -0.39 is 211 Å². The third-order valence-corrected chi connectivity index (χ3v) is 20.2. The number of benzene rings is 1.